The van der Waals surface area contributed by atoms with Gasteiger partial charge in [-0.05, 0) is 44.0 Å². The van der Waals surface area contributed by atoms with Crippen LogP contribution >= 0.6 is 24.0 Å². The summed E-state index contributed by atoms with van der Waals surface area (Å²) in [5, 5.41) is 6.80. The number of amides is 1. The second-order valence-corrected chi connectivity index (χ2v) is 4.89. The van der Waals surface area contributed by atoms with Crippen LogP contribution in [0.5, 0.6) is 0 Å². The normalized spacial score (nSPS) is 18.9. The van der Waals surface area contributed by atoms with E-state index in [2.05, 4.69) is 10.6 Å². The minimum absolute atomic E-state index is 0. The lowest BCUT2D eigenvalue weighted by atomic mass is 10.0. The van der Waals surface area contributed by atoms with Crippen molar-refractivity contribution in [3.05, 3.63) is 28.8 Å². The Labute approximate surface area is 119 Å². The molecule has 3 nitrogen and oxygen atoms in total. The predicted octanol–water partition coefficient (Wildman–Crippen LogP) is 3.15. The molecule has 1 aromatic carbocycles. The molecule has 1 aliphatic rings. The van der Waals surface area contributed by atoms with Crippen LogP contribution in [0, 0.1) is 6.92 Å². The Morgan fingerprint density at radius 3 is 2.89 bits per heavy atom. The number of rotatable bonds is 2. The van der Waals surface area contributed by atoms with Crippen LogP contribution in [0.25, 0.3) is 0 Å². The number of carbonyl (C=O) groups is 1. The summed E-state index contributed by atoms with van der Waals surface area (Å²) >= 11 is 5.92. The molecule has 18 heavy (non-hydrogen) atoms. The minimum Gasteiger partial charge on any atom is -0.324 e. The molecule has 0 aliphatic carbocycles. The van der Waals surface area contributed by atoms with E-state index in [1.807, 2.05) is 19.1 Å². The SMILES string of the molecule is Cc1ccc(Cl)cc1NC(=O)[C@@H]1CCCCN1.Cl. The summed E-state index contributed by atoms with van der Waals surface area (Å²) in [7, 11) is 0. The van der Waals surface area contributed by atoms with Gasteiger partial charge in [-0.2, -0.15) is 0 Å². The van der Waals surface area contributed by atoms with E-state index < -0.39 is 0 Å². The van der Waals surface area contributed by atoms with E-state index in [-0.39, 0.29) is 24.4 Å². The van der Waals surface area contributed by atoms with E-state index in [0.29, 0.717) is 5.02 Å². The van der Waals surface area contributed by atoms with E-state index in [9.17, 15) is 4.79 Å². The molecule has 5 heteroatoms. The van der Waals surface area contributed by atoms with Crippen LogP contribution < -0.4 is 10.6 Å². The Kier molecular flexibility index (Phi) is 5.93. The van der Waals surface area contributed by atoms with Gasteiger partial charge in [0.2, 0.25) is 5.91 Å². The second kappa shape index (κ2) is 6.98. The minimum atomic E-state index is -0.0675. The Morgan fingerprint density at radius 1 is 1.44 bits per heavy atom. The molecular weight excluding hydrogens is 271 g/mol. The monoisotopic (exact) mass is 288 g/mol. The molecule has 1 aromatic rings. The third kappa shape index (κ3) is 3.87. The predicted molar refractivity (Wildman–Crippen MR) is 77.7 cm³/mol. The summed E-state index contributed by atoms with van der Waals surface area (Å²) in [5.74, 6) is 0.0371. The maximum absolute atomic E-state index is 12.0. The fourth-order valence-corrected chi connectivity index (χ4v) is 2.20. The van der Waals surface area contributed by atoms with Crippen LogP contribution in [0.15, 0.2) is 18.2 Å². The molecule has 1 amide bonds. The van der Waals surface area contributed by atoms with Gasteiger partial charge in [0.05, 0.1) is 6.04 Å². The third-order valence-corrected chi connectivity index (χ3v) is 3.32. The molecule has 0 radical (unpaired) electrons. The average Bonchev–Trinajstić information content (AvgIpc) is 2.35. The van der Waals surface area contributed by atoms with Crippen LogP contribution in [-0.2, 0) is 4.79 Å². The molecule has 0 saturated carbocycles. The number of hydrogen-bond donors (Lipinski definition) is 2. The number of hydrogen-bond acceptors (Lipinski definition) is 2. The molecule has 100 valence electrons. The van der Waals surface area contributed by atoms with Gasteiger partial charge in [0.15, 0.2) is 0 Å². The molecule has 1 aliphatic heterocycles. The van der Waals surface area contributed by atoms with Gasteiger partial charge in [-0.3, -0.25) is 4.79 Å². The van der Waals surface area contributed by atoms with Gasteiger partial charge < -0.3 is 10.6 Å². The summed E-state index contributed by atoms with van der Waals surface area (Å²) in [6, 6.07) is 5.46. The van der Waals surface area contributed by atoms with Crippen LogP contribution in [0.3, 0.4) is 0 Å². The number of anilines is 1. The van der Waals surface area contributed by atoms with Gasteiger partial charge in [0, 0.05) is 10.7 Å². The summed E-state index contributed by atoms with van der Waals surface area (Å²) < 4.78 is 0. The lowest BCUT2D eigenvalue weighted by Gasteiger charge is -2.23. The van der Waals surface area contributed by atoms with Gasteiger partial charge in [0.1, 0.15) is 0 Å². The summed E-state index contributed by atoms with van der Waals surface area (Å²) in [4.78, 5) is 12.0. The second-order valence-electron chi connectivity index (χ2n) is 4.45. The van der Waals surface area contributed by atoms with Gasteiger partial charge in [0.25, 0.3) is 0 Å². The molecule has 0 aromatic heterocycles. The lowest BCUT2D eigenvalue weighted by Crippen LogP contribution is -2.43. The largest absolute Gasteiger partial charge is 0.324 e. The molecule has 0 spiro atoms. The number of nitrogens with one attached hydrogen (secondary N) is 2. The Bertz CT molecular complexity index is 417. The zero-order chi connectivity index (χ0) is 12.3. The highest BCUT2D eigenvalue weighted by Crippen LogP contribution is 2.21. The van der Waals surface area contributed by atoms with E-state index in [4.69, 9.17) is 11.6 Å². The standard InChI is InChI=1S/C13H17ClN2O.ClH/c1-9-5-6-10(14)8-12(9)16-13(17)11-4-2-3-7-15-11;/h5-6,8,11,15H,2-4,7H2,1H3,(H,16,17);1H/t11-;/m0./s1. The van der Waals surface area contributed by atoms with Crippen molar-refractivity contribution < 1.29 is 4.79 Å². The van der Waals surface area contributed by atoms with Gasteiger partial charge >= 0.3 is 0 Å². The van der Waals surface area contributed by atoms with Crippen molar-refractivity contribution in [1.29, 1.82) is 0 Å². The van der Waals surface area contributed by atoms with E-state index in [1.54, 1.807) is 6.07 Å². The quantitative estimate of drug-likeness (QED) is 0.878. The number of benzene rings is 1. The van der Waals surface area contributed by atoms with Crippen LogP contribution in [0.2, 0.25) is 5.02 Å². The van der Waals surface area contributed by atoms with Crippen molar-refractivity contribution in [3.8, 4) is 0 Å². The molecule has 2 N–H and O–H groups in total. The van der Waals surface area contributed by atoms with Crippen molar-refractivity contribution in [2.24, 2.45) is 0 Å². The first kappa shape index (κ1) is 15.3. The van der Waals surface area contributed by atoms with Crippen LogP contribution in [-0.4, -0.2) is 18.5 Å². The molecular formula is C13H18Cl2N2O. The molecule has 1 heterocycles. The summed E-state index contributed by atoms with van der Waals surface area (Å²) in [6.45, 7) is 2.88. The average molecular weight is 289 g/mol. The topological polar surface area (TPSA) is 41.1 Å². The van der Waals surface area contributed by atoms with Crippen molar-refractivity contribution >= 4 is 35.6 Å². The van der Waals surface area contributed by atoms with Crippen molar-refractivity contribution in [2.75, 3.05) is 11.9 Å². The van der Waals surface area contributed by atoms with Crippen LogP contribution in [0.1, 0.15) is 24.8 Å². The molecule has 0 bridgehead atoms. The van der Waals surface area contributed by atoms with E-state index >= 15 is 0 Å². The Hall–Kier alpha value is -0.770. The van der Waals surface area contributed by atoms with E-state index in [1.165, 1.54) is 0 Å². The maximum Gasteiger partial charge on any atom is 0.241 e. The first-order chi connectivity index (χ1) is 8.16. The Morgan fingerprint density at radius 2 is 2.22 bits per heavy atom. The number of piperidine rings is 1. The third-order valence-electron chi connectivity index (χ3n) is 3.08. The van der Waals surface area contributed by atoms with Crippen molar-refractivity contribution in [3.63, 3.8) is 0 Å². The Balaban J connectivity index is 0.00000162. The molecule has 2 rings (SSSR count). The van der Waals surface area contributed by atoms with Crippen molar-refractivity contribution in [2.45, 2.75) is 32.2 Å². The molecule has 1 fully saturated rings. The summed E-state index contributed by atoms with van der Waals surface area (Å²) in [5.41, 5.74) is 1.83. The molecule has 0 unspecified atom stereocenters. The highest BCUT2D eigenvalue weighted by molar-refractivity contribution is 6.31. The van der Waals surface area contributed by atoms with Gasteiger partial charge in [-0.1, -0.05) is 24.1 Å². The van der Waals surface area contributed by atoms with Gasteiger partial charge in [-0.15, -0.1) is 12.4 Å². The highest BCUT2D eigenvalue weighted by atomic mass is 35.5. The number of halogens is 2. The number of aryl methyl sites for hydroxylation is 1. The van der Waals surface area contributed by atoms with Gasteiger partial charge in [-0.25, -0.2) is 0 Å². The molecule has 1 saturated heterocycles. The molecule has 1 atom stereocenters. The van der Waals surface area contributed by atoms with Crippen molar-refractivity contribution in [1.82, 2.24) is 5.32 Å². The lowest BCUT2D eigenvalue weighted by molar-refractivity contribution is -0.118. The fourth-order valence-electron chi connectivity index (χ4n) is 2.02. The smallest absolute Gasteiger partial charge is 0.241 e. The zero-order valence-electron chi connectivity index (χ0n) is 10.3. The first-order valence-electron chi connectivity index (χ1n) is 5.97. The summed E-state index contributed by atoms with van der Waals surface area (Å²) in [6.07, 6.45) is 3.17. The zero-order valence-corrected chi connectivity index (χ0v) is 11.9. The van der Waals surface area contributed by atoms with E-state index in [0.717, 1.165) is 37.1 Å². The maximum atomic E-state index is 12.0. The van der Waals surface area contributed by atoms with Crippen LogP contribution in [0.4, 0.5) is 5.69 Å². The number of carbonyl (C=O) groups excluding carboxylic acids is 1. The highest BCUT2D eigenvalue weighted by Gasteiger charge is 2.20. The fraction of sp³-hybridized carbons (Fsp3) is 0.462. The first-order valence-corrected chi connectivity index (χ1v) is 6.35.